The van der Waals surface area contributed by atoms with E-state index in [9.17, 15) is 0 Å². The highest BCUT2D eigenvalue weighted by atomic mass is 16.5. The van der Waals surface area contributed by atoms with Gasteiger partial charge in [0.25, 0.3) is 0 Å². The number of aromatic nitrogens is 2. The maximum absolute atomic E-state index is 5.32. The predicted molar refractivity (Wildman–Crippen MR) is 64.1 cm³/mol. The average molecular weight is 223 g/mol. The van der Waals surface area contributed by atoms with Gasteiger partial charge in [-0.25, -0.2) is 9.97 Å². The van der Waals surface area contributed by atoms with E-state index in [-0.39, 0.29) is 6.10 Å². The van der Waals surface area contributed by atoms with Crippen LogP contribution in [0.25, 0.3) is 0 Å². The van der Waals surface area contributed by atoms with Crippen molar-refractivity contribution in [2.75, 3.05) is 13.7 Å². The van der Waals surface area contributed by atoms with Gasteiger partial charge in [0.1, 0.15) is 6.10 Å². The van der Waals surface area contributed by atoms with E-state index in [0.29, 0.717) is 0 Å². The molecule has 0 fully saturated rings. The lowest BCUT2D eigenvalue weighted by molar-refractivity contribution is 0.0923. The fourth-order valence-corrected chi connectivity index (χ4v) is 1.51. The maximum atomic E-state index is 5.32. The Balaban J connectivity index is 2.62. The second-order valence-corrected chi connectivity index (χ2v) is 3.72. The number of methoxy groups -OCH3 is 1. The number of nitrogens with one attached hydrogen (secondary N) is 1. The molecule has 4 heteroatoms. The van der Waals surface area contributed by atoms with Crippen LogP contribution in [0.5, 0.6) is 0 Å². The van der Waals surface area contributed by atoms with Crippen molar-refractivity contribution in [1.82, 2.24) is 15.3 Å². The van der Waals surface area contributed by atoms with Gasteiger partial charge in [-0.2, -0.15) is 0 Å². The molecule has 0 radical (unpaired) electrons. The maximum Gasteiger partial charge on any atom is 0.157 e. The molecular formula is C12H21N3O. The van der Waals surface area contributed by atoms with Crippen molar-refractivity contribution in [2.45, 2.75) is 39.3 Å². The highest BCUT2D eigenvalue weighted by molar-refractivity contribution is 5.04. The van der Waals surface area contributed by atoms with Gasteiger partial charge in [-0.05, 0) is 25.5 Å². The number of nitrogens with zero attached hydrogens (tertiary/aromatic N) is 2. The van der Waals surface area contributed by atoms with Crippen molar-refractivity contribution in [2.24, 2.45) is 0 Å². The summed E-state index contributed by atoms with van der Waals surface area (Å²) in [7, 11) is 1.69. The minimum absolute atomic E-state index is 0.00567. The zero-order chi connectivity index (χ0) is 11.8. The fourth-order valence-electron chi connectivity index (χ4n) is 1.51. The molecule has 0 aliphatic rings. The number of hydrogen-bond acceptors (Lipinski definition) is 4. The topological polar surface area (TPSA) is 47.0 Å². The van der Waals surface area contributed by atoms with Crippen LogP contribution in [0.1, 0.15) is 44.3 Å². The normalized spacial score (nSPS) is 12.7. The SMILES string of the molecule is CCCNCc1ccnc(C(CC)OC)n1. The molecule has 1 unspecified atom stereocenters. The molecule has 0 saturated carbocycles. The summed E-state index contributed by atoms with van der Waals surface area (Å²) in [6.45, 7) is 6.03. The van der Waals surface area contributed by atoms with Crippen molar-refractivity contribution in [1.29, 1.82) is 0 Å². The van der Waals surface area contributed by atoms with Crippen LogP contribution < -0.4 is 5.32 Å². The first-order chi connectivity index (χ1) is 7.81. The second-order valence-electron chi connectivity index (χ2n) is 3.72. The van der Waals surface area contributed by atoms with Gasteiger partial charge < -0.3 is 10.1 Å². The third-order valence-corrected chi connectivity index (χ3v) is 2.41. The molecule has 0 amide bonds. The van der Waals surface area contributed by atoms with Crippen LogP contribution in [0.15, 0.2) is 12.3 Å². The van der Waals surface area contributed by atoms with Crippen LogP contribution in [-0.4, -0.2) is 23.6 Å². The van der Waals surface area contributed by atoms with E-state index in [1.165, 1.54) is 0 Å². The highest BCUT2D eigenvalue weighted by Gasteiger charge is 2.11. The van der Waals surface area contributed by atoms with Crippen LogP contribution >= 0.6 is 0 Å². The molecule has 1 heterocycles. The Kier molecular flexibility index (Phi) is 5.96. The van der Waals surface area contributed by atoms with Gasteiger partial charge in [0.05, 0.1) is 5.69 Å². The standard InChI is InChI=1S/C12H21N3O/c1-4-7-13-9-10-6-8-14-12(15-10)11(5-2)16-3/h6,8,11,13H,4-5,7,9H2,1-3H3. The Morgan fingerprint density at radius 1 is 1.44 bits per heavy atom. The first-order valence-electron chi connectivity index (χ1n) is 5.87. The van der Waals surface area contributed by atoms with Crippen LogP contribution in [-0.2, 0) is 11.3 Å². The summed E-state index contributed by atoms with van der Waals surface area (Å²) in [6.07, 6.45) is 3.83. The number of ether oxygens (including phenoxy) is 1. The molecule has 0 saturated heterocycles. The highest BCUT2D eigenvalue weighted by Crippen LogP contribution is 2.15. The lowest BCUT2D eigenvalue weighted by Gasteiger charge is -2.12. The number of hydrogen-bond donors (Lipinski definition) is 1. The summed E-state index contributed by atoms with van der Waals surface area (Å²) in [6, 6.07) is 1.94. The Hall–Kier alpha value is -1.00. The zero-order valence-corrected chi connectivity index (χ0v) is 10.4. The van der Waals surface area contributed by atoms with E-state index in [1.54, 1.807) is 13.3 Å². The van der Waals surface area contributed by atoms with E-state index in [4.69, 9.17) is 4.74 Å². The molecule has 0 bridgehead atoms. The third-order valence-electron chi connectivity index (χ3n) is 2.41. The summed E-state index contributed by atoms with van der Waals surface area (Å²) in [5.41, 5.74) is 1.02. The van der Waals surface area contributed by atoms with E-state index < -0.39 is 0 Å². The van der Waals surface area contributed by atoms with Gasteiger partial charge in [0, 0.05) is 19.9 Å². The van der Waals surface area contributed by atoms with Gasteiger partial charge in [0.15, 0.2) is 5.82 Å². The fraction of sp³-hybridized carbons (Fsp3) is 0.667. The zero-order valence-electron chi connectivity index (χ0n) is 10.4. The van der Waals surface area contributed by atoms with E-state index in [1.807, 2.05) is 6.07 Å². The summed E-state index contributed by atoms with van der Waals surface area (Å²) in [4.78, 5) is 8.73. The van der Waals surface area contributed by atoms with Gasteiger partial charge >= 0.3 is 0 Å². The lowest BCUT2D eigenvalue weighted by Crippen LogP contribution is -2.16. The molecule has 0 aliphatic carbocycles. The van der Waals surface area contributed by atoms with Crippen molar-refractivity contribution < 1.29 is 4.74 Å². The minimum atomic E-state index is 0.00567. The minimum Gasteiger partial charge on any atom is -0.373 e. The van der Waals surface area contributed by atoms with Gasteiger partial charge in [-0.3, -0.25) is 0 Å². The smallest absolute Gasteiger partial charge is 0.157 e. The van der Waals surface area contributed by atoms with Crippen molar-refractivity contribution >= 4 is 0 Å². The predicted octanol–water partition coefficient (Wildman–Crippen LogP) is 2.07. The molecule has 1 rings (SSSR count). The van der Waals surface area contributed by atoms with Crippen LogP contribution in [0.3, 0.4) is 0 Å². The molecule has 16 heavy (non-hydrogen) atoms. The Bertz CT molecular complexity index is 300. The largest absolute Gasteiger partial charge is 0.373 e. The second kappa shape index (κ2) is 7.30. The van der Waals surface area contributed by atoms with E-state index in [0.717, 1.165) is 37.4 Å². The summed E-state index contributed by atoms with van der Waals surface area (Å²) >= 11 is 0. The Labute approximate surface area is 97.5 Å². The van der Waals surface area contributed by atoms with Crippen molar-refractivity contribution in [3.63, 3.8) is 0 Å². The molecule has 1 aromatic heterocycles. The summed E-state index contributed by atoms with van der Waals surface area (Å²) in [5, 5.41) is 3.32. The Morgan fingerprint density at radius 2 is 2.25 bits per heavy atom. The van der Waals surface area contributed by atoms with Crippen LogP contribution in [0.2, 0.25) is 0 Å². The lowest BCUT2D eigenvalue weighted by atomic mass is 10.2. The van der Waals surface area contributed by atoms with E-state index in [2.05, 4.69) is 29.1 Å². The first-order valence-corrected chi connectivity index (χ1v) is 5.87. The Morgan fingerprint density at radius 3 is 2.88 bits per heavy atom. The molecule has 0 spiro atoms. The van der Waals surface area contributed by atoms with Crippen molar-refractivity contribution in [3.8, 4) is 0 Å². The van der Waals surface area contributed by atoms with Crippen LogP contribution in [0.4, 0.5) is 0 Å². The van der Waals surface area contributed by atoms with Crippen molar-refractivity contribution in [3.05, 3.63) is 23.8 Å². The summed E-state index contributed by atoms with van der Waals surface area (Å²) < 4.78 is 5.32. The quantitative estimate of drug-likeness (QED) is 0.719. The molecule has 1 atom stereocenters. The molecule has 0 aromatic carbocycles. The molecule has 0 aliphatic heterocycles. The first kappa shape index (κ1) is 13.1. The monoisotopic (exact) mass is 223 g/mol. The average Bonchev–Trinajstić information content (AvgIpc) is 2.32. The molecule has 90 valence electrons. The van der Waals surface area contributed by atoms with Crippen LogP contribution in [0, 0.1) is 0 Å². The number of rotatable bonds is 7. The molecule has 4 nitrogen and oxygen atoms in total. The molecule has 1 N–H and O–H groups in total. The summed E-state index contributed by atoms with van der Waals surface area (Å²) in [5.74, 6) is 0.779. The van der Waals surface area contributed by atoms with Gasteiger partial charge in [-0.1, -0.05) is 13.8 Å². The van der Waals surface area contributed by atoms with E-state index >= 15 is 0 Å². The molecular weight excluding hydrogens is 202 g/mol. The van der Waals surface area contributed by atoms with Gasteiger partial charge in [0.2, 0.25) is 0 Å². The third kappa shape index (κ3) is 3.87. The van der Waals surface area contributed by atoms with Gasteiger partial charge in [-0.15, -0.1) is 0 Å². The molecule has 1 aromatic rings.